The first-order valence-corrected chi connectivity index (χ1v) is 18.8. The number of rotatable bonds is 3. The second-order valence-corrected chi connectivity index (χ2v) is 20.5. The number of benzene rings is 3. The molecular weight excluding hydrogens is 619 g/mol. The summed E-state index contributed by atoms with van der Waals surface area (Å²) >= 11 is -2.28. The molecule has 0 N–H and O–H groups in total. The average Bonchev–Trinajstić information content (AvgIpc) is 3.54. The minimum absolute atomic E-state index is 0. The molecule has 3 aromatic rings. The number of halogens is 2. The van der Waals surface area contributed by atoms with Crippen LogP contribution in [0.25, 0.3) is 16.7 Å². The van der Waals surface area contributed by atoms with E-state index in [-0.39, 0.29) is 35.6 Å². The molecule has 0 spiro atoms. The van der Waals surface area contributed by atoms with Crippen LogP contribution in [0.4, 0.5) is 0 Å². The third-order valence-corrected chi connectivity index (χ3v) is 17.0. The fourth-order valence-electron chi connectivity index (χ4n) is 6.75. The first-order chi connectivity index (χ1) is 18.6. The summed E-state index contributed by atoms with van der Waals surface area (Å²) in [6.45, 7) is 14.2. The fraction of sp³-hybridized carbons (Fsp3) is 0.395. The van der Waals surface area contributed by atoms with Crippen LogP contribution in [0.2, 0.25) is 0 Å². The summed E-state index contributed by atoms with van der Waals surface area (Å²) in [6, 6.07) is 23.7. The predicted molar refractivity (Wildman–Crippen MR) is 167 cm³/mol. The van der Waals surface area contributed by atoms with Crippen molar-refractivity contribution in [2.45, 2.75) is 97.3 Å². The van der Waals surface area contributed by atoms with Crippen molar-refractivity contribution in [1.29, 1.82) is 0 Å². The SMILES string of the molecule is CC(C)(C)c1ccc2c(c1)-c1cc(C(C)(C)C)c[c]([Zr+2]([C]3=CC(c4ccccc4)=CC3)=[C]3CCCCC3)c1C2.[Cl-].[Cl-]. The van der Waals surface area contributed by atoms with Crippen LogP contribution in [-0.4, -0.2) is 3.21 Å². The van der Waals surface area contributed by atoms with Crippen molar-refractivity contribution >= 4 is 12.1 Å². The van der Waals surface area contributed by atoms with Crippen molar-refractivity contribution in [3.05, 3.63) is 104 Å². The van der Waals surface area contributed by atoms with E-state index in [0.29, 0.717) is 0 Å². The quantitative estimate of drug-likeness (QED) is 0.315. The van der Waals surface area contributed by atoms with E-state index in [1.807, 2.05) is 3.21 Å². The summed E-state index contributed by atoms with van der Waals surface area (Å²) in [5.74, 6) is 0. The van der Waals surface area contributed by atoms with Gasteiger partial charge in [-0.3, -0.25) is 0 Å². The van der Waals surface area contributed by atoms with Crippen molar-refractivity contribution in [3.8, 4) is 11.1 Å². The van der Waals surface area contributed by atoms with E-state index in [1.165, 1.54) is 65.5 Å². The van der Waals surface area contributed by atoms with Crippen molar-refractivity contribution < 1.29 is 46.1 Å². The Morgan fingerprint density at radius 3 is 2.00 bits per heavy atom. The van der Waals surface area contributed by atoms with E-state index in [9.17, 15) is 0 Å². The van der Waals surface area contributed by atoms with Gasteiger partial charge in [-0.05, 0) is 0 Å². The van der Waals surface area contributed by atoms with Crippen LogP contribution >= 0.6 is 0 Å². The smallest absolute Gasteiger partial charge is 1.00 e. The summed E-state index contributed by atoms with van der Waals surface area (Å²) < 4.78 is 5.56. The molecule has 6 rings (SSSR count). The molecule has 3 aromatic carbocycles. The zero-order valence-electron chi connectivity index (χ0n) is 25.6. The maximum atomic E-state index is 2.70. The third-order valence-electron chi connectivity index (χ3n) is 9.13. The predicted octanol–water partition coefficient (Wildman–Crippen LogP) is 3.61. The molecule has 3 heteroatoms. The Bertz CT molecular complexity index is 1520. The molecule has 41 heavy (non-hydrogen) atoms. The Morgan fingerprint density at radius 2 is 1.34 bits per heavy atom. The molecule has 0 aromatic heterocycles. The normalized spacial score (nSPS) is 16.0. The van der Waals surface area contributed by atoms with Gasteiger partial charge in [-0.15, -0.1) is 0 Å². The van der Waals surface area contributed by atoms with Gasteiger partial charge in [0.25, 0.3) is 0 Å². The summed E-state index contributed by atoms with van der Waals surface area (Å²) in [5, 5.41) is 0. The minimum Gasteiger partial charge on any atom is -1.00 e. The fourth-order valence-corrected chi connectivity index (χ4v) is 15.3. The first-order valence-electron chi connectivity index (χ1n) is 15.1. The van der Waals surface area contributed by atoms with Crippen LogP contribution in [0.3, 0.4) is 0 Å². The van der Waals surface area contributed by atoms with Crippen LogP contribution in [-0.2, 0) is 38.5 Å². The van der Waals surface area contributed by atoms with Gasteiger partial charge in [0.2, 0.25) is 0 Å². The molecule has 0 atom stereocenters. The summed E-state index contributed by atoms with van der Waals surface area (Å²) in [5.41, 5.74) is 12.3. The van der Waals surface area contributed by atoms with Gasteiger partial charge in [0.05, 0.1) is 0 Å². The molecule has 0 nitrogen and oxygen atoms in total. The molecule has 1 fully saturated rings. The Morgan fingerprint density at radius 1 is 0.683 bits per heavy atom. The molecule has 0 aliphatic heterocycles. The second-order valence-electron chi connectivity index (χ2n) is 14.0. The third kappa shape index (κ3) is 6.54. The van der Waals surface area contributed by atoms with Gasteiger partial charge < -0.3 is 24.8 Å². The Labute approximate surface area is 268 Å². The molecule has 214 valence electrons. The molecular formula is C38H44Cl2Zr. The van der Waals surface area contributed by atoms with Crippen molar-refractivity contribution in [1.82, 2.24) is 0 Å². The van der Waals surface area contributed by atoms with E-state index in [1.54, 1.807) is 17.7 Å². The molecule has 0 unspecified atom stereocenters. The van der Waals surface area contributed by atoms with E-state index >= 15 is 0 Å². The average molecular weight is 663 g/mol. The van der Waals surface area contributed by atoms with Crippen LogP contribution in [0.15, 0.2) is 76.1 Å². The van der Waals surface area contributed by atoms with E-state index in [0.717, 1.165) is 12.8 Å². The molecule has 3 aliphatic rings. The number of fused-ring (bicyclic) bond motifs is 3. The molecule has 0 radical (unpaired) electrons. The van der Waals surface area contributed by atoms with Crippen LogP contribution < -0.4 is 28.1 Å². The van der Waals surface area contributed by atoms with E-state index in [4.69, 9.17) is 0 Å². The molecule has 0 heterocycles. The summed E-state index contributed by atoms with van der Waals surface area (Å²) in [7, 11) is 0. The Kier molecular flexibility index (Phi) is 9.96. The van der Waals surface area contributed by atoms with Crippen molar-refractivity contribution in [2.75, 3.05) is 0 Å². The Balaban J connectivity index is 0.00000194. The van der Waals surface area contributed by atoms with Gasteiger partial charge in [0, 0.05) is 0 Å². The van der Waals surface area contributed by atoms with Gasteiger partial charge in [0.1, 0.15) is 0 Å². The number of allylic oxidation sites excluding steroid dienone is 4. The standard InChI is InChI=1S/C21H25.C11H9.C6H10.2ClH.Zr/c1-20(2,3)16-9-7-14-11-15-8-10-17(21(4,5)6)13-19(15)18(14)12-16;1-2-6-10(7-3-1)11-8-4-5-9-11;1-2-4-6-5-3-1;;;/h7,9-10,12-13H,11H2,1-6H3;1-3,6-9H,4H2;1-5H2;2*1H;/q;;;;;+2/p-2. The van der Waals surface area contributed by atoms with Crippen molar-refractivity contribution in [2.24, 2.45) is 0 Å². The molecule has 0 saturated heterocycles. The number of hydrogen-bond donors (Lipinski definition) is 0. The second kappa shape index (κ2) is 12.6. The maximum absolute atomic E-state index is 2.70. The van der Waals surface area contributed by atoms with E-state index < -0.39 is 21.3 Å². The first kappa shape index (κ1) is 32.4. The maximum Gasteiger partial charge on any atom is -1.00 e. The summed E-state index contributed by atoms with van der Waals surface area (Å²) in [4.78, 5) is 0. The van der Waals surface area contributed by atoms with Crippen LogP contribution in [0.1, 0.15) is 108 Å². The van der Waals surface area contributed by atoms with Gasteiger partial charge in [0.15, 0.2) is 0 Å². The summed E-state index contributed by atoms with van der Waals surface area (Å²) in [6.07, 6.45) is 14.3. The molecule has 0 amide bonds. The molecule has 1 saturated carbocycles. The van der Waals surface area contributed by atoms with Gasteiger partial charge in [-0.2, -0.15) is 0 Å². The van der Waals surface area contributed by atoms with Gasteiger partial charge >= 0.3 is 246 Å². The zero-order valence-corrected chi connectivity index (χ0v) is 29.6. The zero-order chi connectivity index (χ0) is 27.4. The monoisotopic (exact) mass is 660 g/mol. The Hall–Kier alpha value is -1.53. The molecule has 0 bridgehead atoms. The van der Waals surface area contributed by atoms with E-state index in [2.05, 4.69) is 114 Å². The number of hydrogen-bond acceptors (Lipinski definition) is 0. The minimum atomic E-state index is -2.28. The van der Waals surface area contributed by atoms with Gasteiger partial charge in [-0.1, -0.05) is 0 Å². The van der Waals surface area contributed by atoms with Crippen molar-refractivity contribution in [3.63, 3.8) is 0 Å². The van der Waals surface area contributed by atoms with Crippen LogP contribution in [0, 0.1) is 0 Å². The largest absolute Gasteiger partial charge is 1.00 e. The topological polar surface area (TPSA) is 0 Å². The van der Waals surface area contributed by atoms with Gasteiger partial charge in [-0.25, -0.2) is 0 Å². The molecule has 3 aliphatic carbocycles. The van der Waals surface area contributed by atoms with Crippen LogP contribution in [0.5, 0.6) is 0 Å².